The lowest BCUT2D eigenvalue weighted by molar-refractivity contribution is 0.216. The van der Waals surface area contributed by atoms with Gasteiger partial charge in [-0.3, -0.25) is 0 Å². The molecular formula is C8H18N2O4S. The molecule has 0 aromatic carbocycles. The molecule has 0 aromatic heterocycles. The first-order valence-electron chi connectivity index (χ1n) is 5.04. The van der Waals surface area contributed by atoms with Gasteiger partial charge in [-0.2, -0.15) is 4.31 Å². The zero-order valence-corrected chi connectivity index (χ0v) is 9.41. The first kappa shape index (κ1) is 12.9. The van der Waals surface area contributed by atoms with Crippen molar-refractivity contribution < 1.29 is 18.6 Å². The molecule has 1 aliphatic heterocycles. The zero-order chi connectivity index (χ0) is 11.3. The van der Waals surface area contributed by atoms with Crippen molar-refractivity contribution >= 4 is 10.0 Å². The van der Waals surface area contributed by atoms with E-state index in [9.17, 15) is 8.42 Å². The van der Waals surface area contributed by atoms with E-state index in [0.29, 0.717) is 19.5 Å². The SMILES string of the molecule is O=S(=O)(C1CCNC1)N(CCO)CCO. The van der Waals surface area contributed by atoms with Crippen molar-refractivity contribution in [1.29, 1.82) is 0 Å². The molecule has 0 spiro atoms. The molecule has 6 nitrogen and oxygen atoms in total. The number of nitrogens with zero attached hydrogens (tertiary/aromatic N) is 1. The number of aliphatic hydroxyl groups is 2. The van der Waals surface area contributed by atoms with Gasteiger partial charge in [-0.15, -0.1) is 0 Å². The molecule has 1 saturated heterocycles. The van der Waals surface area contributed by atoms with Gasteiger partial charge in [0.15, 0.2) is 0 Å². The van der Waals surface area contributed by atoms with E-state index < -0.39 is 15.3 Å². The Morgan fingerprint density at radius 2 is 1.87 bits per heavy atom. The van der Waals surface area contributed by atoms with Gasteiger partial charge in [-0.05, 0) is 13.0 Å². The van der Waals surface area contributed by atoms with Gasteiger partial charge in [0.2, 0.25) is 10.0 Å². The van der Waals surface area contributed by atoms with Gasteiger partial charge in [0.25, 0.3) is 0 Å². The summed E-state index contributed by atoms with van der Waals surface area (Å²) in [4.78, 5) is 0. The largest absolute Gasteiger partial charge is 0.395 e. The zero-order valence-electron chi connectivity index (χ0n) is 8.59. The van der Waals surface area contributed by atoms with Crippen LogP contribution in [-0.2, 0) is 10.0 Å². The van der Waals surface area contributed by atoms with E-state index in [1.807, 2.05) is 0 Å². The molecule has 3 N–H and O–H groups in total. The third-order valence-electron chi connectivity index (χ3n) is 2.50. The van der Waals surface area contributed by atoms with Crippen molar-refractivity contribution in [3.8, 4) is 0 Å². The third-order valence-corrected chi connectivity index (χ3v) is 4.82. The molecule has 0 amide bonds. The van der Waals surface area contributed by atoms with E-state index >= 15 is 0 Å². The number of aliphatic hydroxyl groups excluding tert-OH is 2. The molecule has 7 heteroatoms. The first-order valence-corrected chi connectivity index (χ1v) is 6.54. The standard InChI is InChI=1S/C8H18N2O4S/c11-5-3-10(4-6-12)15(13,14)8-1-2-9-7-8/h8-9,11-12H,1-7H2. The van der Waals surface area contributed by atoms with Crippen LogP contribution in [0, 0.1) is 0 Å². The second kappa shape index (κ2) is 5.76. The van der Waals surface area contributed by atoms with Crippen LogP contribution in [0.2, 0.25) is 0 Å². The van der Waals surface area contributed by atoms with Crippen LogP contribution in [0.3, 0.4) is 0 Å². The average Bonchev–Trinajstić information content (AvgIpc) is 2.70. The van der Waals surface area contributed by atoms with Crippen LogP contribution in [0.1, 0.15) is 6.42 Å². The highest BCUT2D eigenvalue weighted by Crippen LogP contribution is 2.14. The quantitative estimate of drug-likeness (QED) is 0.496. The molecule has 0 aromatic rings. The van der Waals surface area contributed by atoms with E-state index in [0.717, 1.165) is 4.31 Å². The first-order chi connectivity index (χ1) is 7.12. The Morgan fingerprint density at radius 3 is 2.27 bits per heavy atom. The molecule has 1 unspecified atom stereocenters. The smallest absolute Gasteiger partial charge is 0.218 e. The maximum Gasteiger partial charge on any atom is 0.218 e. The van der Waals surface area contributed by atoms with E-state index in [1.165, 1.54) is 0 Å². The summed E-state index contributed by atoms with van der Waals surface area (Å²) in [6.07, 6.45) is 0.593. The van der Waals surface area contributed by atoms with Crippen molar-refractivity contribution in [1.82, 2.24) is 9.62 Å². The number of nitrogens with one attached hydrogen (secondary N) is 1. The third kappa shape index (κ3) is 3.12. The van der Waals surface area contributed by atoms with Crippen LogP contribution in [0.15, 0.2) is 0 Å². The monoisotopic (exact) mass is 238 g/mol. The average molecular weight is 238 g/mol. The number of hydrogen-bond donors (Lipinski definition) is 3. The van der Waals surface area contributed by atoms with Crippen LogP contribution in [0.25, 0.3) is 0 Å². The van der Waals surface area contributed by atoms with Crippen molar-refractivity contribution in [2.75, 3.05) is 39.4 Å². The second-order valence-corrected chi connectivity index (χ2v) is 5.72. The normalized spacial score (nSPS) is 22.5. The Labute approximate surface area is 89.9 Å². The molecular weight excluding hydrogens is 220 g/mol. The molecule has 0 aliphatic carbocycles. The topological polar surface area (TPSA) is 89.9 Å². The van der Waals surface area contributed by atoms with Crippen molar-refractivity contribution in [2.24, 2.45) is 0 Å². The van der Waals surface area contributed by atoms with Gasteiger partial charge in [-0.1, -0.05) is 0 Å². The van der Waals surface area contributed by atoms with Gasteiger partial charge < -0.3 is 15.5 Å². The predicted octanol–water partition coefficient (Wildman–Crippen LogP) is -2.04. The molecule has 90 valence electrons. The van der Waals surface area contributed by atoms with Crippen LogP contribution in [-0.4, -0.2) is 67.6 Å². The van der Waals surface area contributed by atoms with Crippen LogP contribution in [0.4, 0.5) is 0 Å². The fourth-order valence-electron chi connectivity index (χ4n) is 1.68. The summed E-state index contributed by atoms with van der Waals surface area (Å²) in [6.45, 7) is 0.823. The molecule has 1 atom stereocenters. The summed E-state index contributed by atoms with van der Waals surface area (Å²) in [5, 5.41) is 20.1. The molecule has 1 heterocycles. The van der Waals surface area contributed by atoms with Crippen molar-refractivity contribution in [2.45, 2.75) is 11.7 Å². The van der Waals surface area contributed by atoms with Crippen LogP contribution < -0.4 is 5.32 Å². The minimum absolute atomic E-state index is 0.0550. The highest BCUT2D eigenvalue weighted by Gasteiger charge is 2.33. The minimum Gasteiger partial charge on any atom is -0.395 e. The summed E-state index contributed by atoms with van der Waals surface area (Å²) in [7, 11) is -3.37. The van der Waals surface area contributed by atoms with Crippen molar-refractivity contribution in [3.63, 3.8) is 0 Å². The van der Waals surface area contributed by atoms with Crippen molar-refractivity contribution in [3.05, 3.63) is 0 Å². The van der Waals surface area contributed by atoms with Crippen LogP contribution in [0.5, 0.6) is 0 Å². The molecule has 1 rings (SSSR count). The van der Waals surface area contributed by atoms with Gasteiger partial charge >= 0.3 is 0 Å². The lowest BCUT2D eigenvalue weighted by Crippen LogP contribution is -2.42. The van der Waals surface area contributed by atoms with E-state index in [2.05, 4.69) is 5.32 Å². The minimum atomic E-state index is -3.37. The Morgan fingerprint density at radius 1 is 1.27 bits per heavy atom. The highest BCUT2D eigenvalue weighted by molar-refractivity contribution is 7.89. The van der Waals surface area contributed by atoms with E-state index in [1.54, 1.807) is 0 Å². The summed E-state index contributed by atoms with van der Waals surface area (Å²) in [5.41, 5.74) is 0. The molecule has 0 saturated carbocycles. The summed E-state index contributed by atoms with van der Waals surface area (Å²) in [6, 6.07) is 0. The van der Waals surface area contributed by atoms with E-state index in [4.69, 9.17) is 10.2 Å². The summed E-state index contributed by atoms with van der Waals surface area (Å²) in [5.74, 6) is 0. The van der Waals surface area contributed by atoms with Gasteiger partial charge in [0.1, 0.15) is 0 Å². The maximum atomic E-state index is 12.0. The fourth-order valence-corrected chi connectivity index (χ4v) is 3.52. The predicted molar refractivity (Wildman–Crippen MR) is 55.9 cm³/mol. The molecule has 15 heavy (non-hydrogen) atoms. The van der Waals surface area contributed by atoms with Crippen LogP contribution >= 0.6 is 0 Å². The number of hydrogen-bond acceptors (Lipinski definition) is 5. The second-order valence-electron chi connectivity index (χ2n) is 3.51. The molecule has 1 aliphatic rings. The Bertz CT molecular complexity index is 268. The fraction of sp³-hybridized carbons (Fsp3) is 1.00. The van der Waals surface area contributed by atoms with Gasteiger partial charge in [-0.25, -0.2) is 8.42 Å². The summed E-state index contributed by atoms with van der Waals surface area (Å²) >= 11 is 0. The lowest BCUT2D eigenvalue weighted by Gasteiger charge is -2.23. The van der Waals surface area contributed by atoms with E-state index in [-0.39, 0.29) is 26.3 Å². The molecule has 0 radical (unpaired) electrons. The molecule has 0 bridgehead atoms. The highest BCUT2D eigenvalue weighted by atomic mass is 32.2. The maximum absolute atomic E-state index is 12.0. The van der Waals surface area contributed by atoms with Gasteiger partial charge in [0.05, 0.1) is 18.5 Å². The Balaban J connectivity index is 2.70. The van der Waals surface area contributed by atoms with Gasteiger partial charge in [0, 0.05) is 19.6 Å². The molecule has 1 fully saturated rings. The Hall–Kier alpha value is -0.210. The number of sulfonamides is 1. The summed E-state index contributed by atoms with van der Waals surface area (Å²) < 4.78 is 25.1. The lowest BCUT2D eigenvalue weighted by atomic mass is 10.4. The number of rotatable bonds is 6. The Kier molecular flexibility index (Phi) is 4.94.